The number of aromatic amines is 1. The predicted octanol–water partition coefficient (Wildman–Crippen LogP) is 3.41. The molecule has 3 nitrogen and oxygen atoms in total. The first-order valence-corrected chi connectivity index (χ1v) is 6.68. The standard InChI is InChI=1S/C15H19F2N3/c1-9(2)6-18-7-11-8-19-20-15(11)12-5-13(16)10(3)4-14(12)17/h4-5,8-9,18H,6-7H2,1-3H3,(H,19,20). The van der Waals surface area contributed by atoms with Crippen LogP contribution >= 0.6 is 0 Å². The zero-order chi connectivity index (χ0) is 14.7. The number of aryl methyl sites for hydroxylation is 1. The van der Waals surface area contributed by atoms with E-state index >= 15 is 0 Å². The van der Waals surface area contributed by atoms with E-state index in [-0.39, 0.29) is 5.56 Å². The Labute approximate surface area is 117 Å². The smallest absolute Gasteiger partial charge is 0.133 e. The van der Waals surface area contributed by atoms with E-state index < -0.39 is 11.6 Å². The summed E-state index contributed by atoms with van der Waals surface area (Å²) in [6.07, 6.45) is 1.64. The lowest BCUT2D eigenvalue weighted by Crippen LogP contribution is -2.19. The summed E-state index contributed by atoms with van der Waals surface area (Å²) in [5, 5.41) is 9.95. The van der Waals surface area contributed by atoms with Gasteiger partial charge >= 0.3 is 0 Å². The number of nitrogens with zero attached hydrogens (tertiary/aromatic N) is 1. The van der Waals surface area contributed by atoms with Gasteiger partial charge in [0.25, 0.3) is 0 Å². The minimum absolute atomic E-state index is 0.215. The van der Waals surface area contributed by atoms with E-state index in [1.165, 1.54) is 12.1 Å². The second-order valence-corrected chi connectivity index (χ2v) is 5.38. The van der Waals surface area contributed by atoms with Crippen LogP contribution in [0.4, 0.5) is 8.78 Å². The van der Waals surface area contributed by atoms with Crippen molar-refractivity contribution >= 4 is 0 Å². The first-order valence-electron chi connectivity index (χ1n) is 6.68. The SMILES string of the molecule is Cc1cc(F)c(-c2[nH]ncc2CNCC(C)C)cc1F. The van der Waals surface area contributed by atoms with Crippen LogP contribution < -0.4 is 5.32 Å². The number of rotatable bonds is 5. The van der Waals surface area contributed by atoms with E-state index in [4.69, 9.17) is 0 Å². The summed E-state index contributed by atoms with van der Waals surface area (Å²) in [4.78, 5) is 0. The molecule has 0 amide bonds. The van der Waals surface area contributed by atoms with Crippen molar-refractivity contribution in [2.45, 2.75) is 27.3 Å². The lowest BCUT2D eigenvalue weighted by Gasteiger charge is -2.09. The molecule has 2 N–H and O–H groups in total. The zero-order valence-corrected chi connectivity index (χ0v) is 11.9. The van der Waals surface area contributed by atoms with Crippen molar-refractivity contribution in [2.75, 3.05) is 6.54 Å². The van der Waals surface area contributed by atoms with Crippen LogP contribution in [0, 0.1) is 24.5 Å². The molecule has 1 aromatic carbocycles. The van der Waals surface area contributed by atoms with Gasteiger partial charge in [0.05, 0.1) is 11.9 Å². The zero-order valence-electron chi connectivity index (χ0n) is 11.9. The average molecular weight is 279 g/mol. The third-order valence-electron chi connectivity index (χ3n) is 3.10. The molecule has 1 heterocycles. The summed E-state index contributed by atoms with van der Waals surface area (Å²) < 4.78 is 27.6. The van der Waals surface area contributed by atoms with Crippen LogP contribution in [-0.2, 0) is 6.54 Å². The minimum atomic E-state index is -0.446. The molecule has 0 saturated heterocycles. The van der Waals surface area contributed by atoms with Crippen molar-refractivity contribution in [1.82, 2.24) is 15.5 Å². The van der Waals surface area contributed by atoms with Gasteiger partial charge in [-0.1, -0.05) is 13.8 Å². The van der Waals surface area contributed by atoms with Crippen molar-refractivity contribution < 1.29 is 8.78 Å². The van der Waals surface area contributed by atoms with Crippen molar-refractivity contribution in [1.29, 1.82) is 0 Å². The van der Waals surface area contributed by atoms with Gasteiger partial charge in [-0.2, -0.15) is 5.10 Å². The quantitative estimate of drug-likeness (QED) is 0.880. The molecule has 0 aliphatic carbocycles. The Kier molecular flexibility index (Phi) is 4.49. The monoisotopic (exact) mass is 279 g/mol. The van der Waals surface area contributed by atoms with Crippen molar-refractivity contribution in [3.63, 3.8) is 0 Å². The van der Waals surface area contributed by atoms with Gasteiger partial charge in [0.2, 0.25) is 0 Å². The molecule has 5 heteroatoms. The molecule has 0 fully saturated rings. The van der Waals surface area contributed by atoms with Gasteiger partial charge in [-0.05, 0) is 37.1 Å². The number of nitrogens with one attached hydrogen (secondary N) is 2. The van der Waals surface area contributed by atoms with Crippen LogP contribution in [0.2, 0.25) is 0 Å². The lowest BCUT2D eigenvalue weighted by atomic mass is 10.0. The van der Waals surface area contributed by atoms with E-state index in [1.807, 2.05) is 0 Å². The minimum Gasteiger partial charge on any atom is -0.312 e. The van der Waals surface area contributed by atoms with Crippen LogP contribution in [0.15, 0.2) is 18.3 Å². The highest BCUT2D eigenvalue weighted by atomic mass is 19.1. The number of halogens is 2. The number of H-pyrrole nitrogens is 1. The van der Waals surface area contributed by atoms with Crippen molar-refractivity contribution in [3.8, 4) is 11.3 Å². The Morgan fingerprint density at radius 3 is 2.70 bits per heavy atom. The number of hydrogen-bond donors (Lipinski definition) is 2. The van der Waals surface area contributed by atoms with E-state index in [9.17, 15) is 8.78 Å². The summed E-state index contributed by atoms with van der Waals surface area (Å²) >= 11 is 0. The summed E-state index contributed by atoms with van der Waals surface area (Å²) in [5.74, 6) is -0.339. The second kappa shape index (κ2) is 6.13. The first kappa shape index (κ1) is 14.7. The van der Waals surface area contributed by atoms with Gasteiger partial charge in [0.1, 0.15) is 11.6 Å². The van der Waals surface area contributed by atoms with Gasteiger partial charge in [-0.25, -0.2) is 8.78 Å². The number of hydrogen-bond acceptors (Lipinski definition) is 2. The number of benzene rings is 1. The summed E-state index contributed by atoms with van der Waals surface area (Å²) in [5.41, 5.74) is 1.86. The molecule has 0 saturated carbocycles. The van der Waals surface area contributed by atoms with E-state index in [0.29, 0.717) is 23.7 Å². The lowest BCUT2D eigenvalue weighted by molar-refractivity contribution is 0.552. The molecule has 0 unspecified atom stereocenters. The predicted molar refractivity (Wildman–Crippen MR) is 75.2 cm³/mol. The third kappa shape index (κ3) is 3.22. The maximum atomic E-state index is 14.0. The van der Waals surface area contributed by atoms with Crippen LogP contribution in [-0.4, -0.2) is 16.7 Å². The molecule has 0 radical (unpaired) electrons. The van der Waals surface area contributed by atoms with E-state index in [1.54, 1.807) is 13.1 Å². The van der Waals surface area contributed by atoms with E-state index in [2.05, 4.69) is 29.4 Å². The first-order chi connectivity index (χ1) is 9.49. The van der Waals surface area contributed by atoms with Crippen molar-refractivity contribution in [3.05, 3.63) is 41.1 Å². The fourth-order valence-electron chi connectivity index (χ4n) is 2.01. The topological polar surface area (TPSA) is 40.7 Å². The average Bonchev–Trinajstić information content (AvgIpc) is 2.81. The summed E-state index contributed by atoms with van der Waals surface area (Å²) in [6, 6.07) is 2.42. The normalized spacial score (nSPS) is 11.3. The highest BCUT2D eigenvalue weighted by Gasteiger charge is 2.14. The molecule has 108 valence electrons. The molecule has 0 atom stereocenters. The van der Waals surface area contributed by atoms with E-state index in [0.717, 1.165) is 12.1 Å². The van der Waals surface area contributed by atoms with Crippen molar-refractivity contribution in [2.24, 2.45) is 5.92 Å². The van der Waals surface area contributed by atoms with Gasteiger partial charge in [-0.15, -0.1) is 0 Å². The Morgan fingerprint density at radius 2 is 2.00 bits per heavy atom. The largest absolute Gasteiger partial charge is 0.312 e. The molecule has 0 spiro atoms. The molecule has 2 aromatic rings. The van der Waals surface area contributed by atoms with Gasteiger partial charge in [0.15, 0.2) is 0 Å². The Morgan fingerprint density at radius 1 is 1.25 bits per heavy atom. The maximum absolute atomic E-state index is 14.0. The van der Waals surface area contributed by atoms with Gasteiger partial charge in [-0.3, -0.25) is 5.10 Å². The Balaban J connectivity index is 2.25. The molecule has 20 heavy (non-hydrogen) atoms. The Bertz CT molecular complexity index is 591. The third-order valence-corrected chi connectivity index (χ3v) is 3.10. The highest BCUT2D eigenvalue weighted by Crippen LogP contribution is 2.26. The van der Waals surface area contributed by atoms with Crippen LogP contribution in [0.5, 0.6) is 0 Å². The maximum Gasteiger partial charge on any atom is 0.133 e. The van der Waals surface area contributed by atoms with Crippen LogP contribution in [0.25, 0.3) is 11.3 Å². The fraction of sp³-hybridized carbons (Fsp3) is 0.400. The molecule has 2 rings (SSSR count). The van der Waals surface area contributed by atoms with Gasteiger partial charge in [0, 0.05) is 17.7 Å². The fourth-order valence-corrected chi connectivity index (χ4v) is 2.01. The highest BCUT2D eigenvalue weighted by molar-refractivity contribution is 5.64. The molecule has 0 bridgehead atoms. The Hall–Kier alpha value is -1.75. The van der Waals surface area contributed by atoms with Gasteiger partial charge < -0.3 is 5.32 Å². The summed E-state index contributed by atoms with van der Waals surface area (Å²) in [7, 11) is 0. The molecule has 0 aliphatic heterocycles. The number of aromatic nitrogens is 2. The van der Waals surface area contributed by atoms with Crippen LogP contribution in [0.1, 0.15) is 25.0 Å². The molecule has 1 aromatic heterocycles. The summed E-state index contributed by atoms with van der Waals surface area (Å²) in [6.45, 7) is 7.19. The second-order valence-electron chi connectivity index (χ2n) is 5.38. The molecular weight excluding hydrogens is 260 g/mol. The molecular formula is C15H19F2N3. The van der Waals surface area contributed by atoms with Crippen LogP contribution in [0.3, 0.4) is 0 Å². The molecule has 0 aliphatic rings.